The van der Waals surface area contributed by atoms with E-state index in [4.69, 9.17) is 4.74 Å². The van der Waals surface area contributed by atoms with E-state index in [9.17, 15) is 4.79 Å². The first kappa shape index (κ1) is 21.6. The Morgan fingerprint density at radius 1 is 0.963 bits per heavy atom. The van der Waals surface area contributed by atoms with Gasteiger partial charge in [0, 0.05) is 10.5 Å². The van der Waals surface area contributed by atoms with Crippen molar-refractivity contribution in [3.8, 4) is 5.75 Å². The number of ether oxygens (including phenoxy) is 1. The maximum atomic E-state index is 12.5. The molecule has 0 saturated carbocycles. The summed E-state index contributed by atoms with van der Waals surface area (Å²) < 4.78 is 5.76. The monoisotopic (exact) mass is 384 g/mol. The second kappa shape index (κ2) is 11.9. The van der Waals surface area contributed by atoms with E-state index >= 15 is 0 Å². The van der Waals surface area contributed by atoms with Crippen molar-refractivity contribution < 1.29 is 9.53 Å². The zero-order chi connectivity index (χ0) is 19.5. The van der Waals surface area contributed by atoms with Gasteiger partial charge in [-0.3, -0.25) is 4.79 Å². The molecule has 1 atom stereocenters. The number of hydrogen-bond acceptors (Lipinski definition) is 3. The zero-order valence-corrected chi connectivity index (χ0v) is 17.7. The topological polar surface area (TPSA) is 26.3 Å². The molecule has 0 heterocycles. The van der Waals surface area contributed by atoms with Crippen LogP contribution in [0.3, 0.4) is 0 Å². The molecule has 0 aromatic heterocycles. The molecule has 2 nitrogen and oxygen atoms in total. The predicted molar refractivity (Wildman–Crippen MR) is 116 cm³/mol. The minimum Gasteiger partial charge on any atom is -0.494 e. The van der Waals surface area contributed by atoms with Gasteiger partial charge < -0.3 is 4.74 Å². The van der Waals surface area contributed by atoms with Gasteiger partial charge in [-0.15, -0.1) is 0 Å². The van der Waals surface area contributed by atoms with E-state index in [-0.39, 0.29) is 5.12 Å². The lowest BCUT2D eigenvalue weighted by atomic mass is 9.98. The van der Waals surface area contributed by atoms with Crippen LogP contribution in [-0.4, -0.2) is 11.7 Å². The Morgan fingerprint density at radius 2 is 1.67 bits per heavy atom. The normalized spacial score (nSPS) is 12.0. The van der Waals surface area contributed by atoms with Crippen LogP contribution in [-0.2, 0) is 6.42 Å². The Balaban J connectivity index is 1.82. The Labute approximate surface area is 168 Å². The van der Waals surface area contributed by atoms with E-state index in [1.807, 2.05) is 36.4 Å². The average molecular weight is 385 g/mol. The first-order valence-corrected chi connectivity index (χ1v) is 11.0. The molecule has 146 valence electrons. The molecule has 0 fully saturated rings. The standard InChI is InChI=1S/C24H32O2S/c1-4-6-7-8-17-26-22-13-15-23(16-14-22)27-24(25)21-11-9-20(10-12-21)18-19(3)5-2/h9-16,19H,4-8,17-18H2,1-3H3. The summed E-state index contributed by atoms with van der Waals surface area (Å²) in [6, 6.07) is 15.9. The third-order valence-electron chi connectivity index (χ3n) is 4.77. The Kier molecular flexibility index (Phi) is 9.47. The highest BCUT2D eigenvalue weighted by Gasteiger charge is 2.09. The number of carbonyl (C=O) groups excluding carboxylic acids is 1. The third kappa shape index (κ3) is 7.80. The highest BCUT2D eigenvalue weighted by molar-refractivity contribution is 8.14. The van der Waals surface area contributed by atoms with Crippen molar-refractivity contribution in [2.75, 3.05) is 6.61 Å². The van der Waals surface area contributed by atoms with Crippen molar-refractivity contribution in [1.82, 2.24) is 0 Å². The highest BCUT2D eigenvalue weighted by atomic mass is 32.2. The Bertz CT molecular complexity index is 677. The van der Waals surface area contributed by atoms with Gasteiger partial charge in [0.25, 0.3) is 0 Å². The molecular formula is C24H32O2S. The van der Waals surface area contributed by atoms with E-state index in [2.05, 4.69) is 32.9 Å². The maximum Gasteiger partial charge on any atom is 0.224 e. The van der Waals surface area contributed by atoms with Crippen LogP contribution in [0, 0.1) is 5.92 Å². The minimum atomic E-state index is 0.0818. The summed E-state index contributed by atoms with van der Waals surface area (Å²) in [6.07, 6.45) is 7.05. The van der Waals surface area contributed by atoms with E-state index in [1.165, 1.54) is 43.0 Å². The van der Waals surface area contributed by atoms with Crippen LogP contribution in [0.4, 0.5) is 0 Å². The van der Waals surface area contributed by atoms with Crippen molar-refractivity contribution in [2.45, 2.75) is 64.2 Å². The summed E-state index contributed by atoms with van der Waals surface area (Å²) in [6.45, 7) is 7.43. The predicted octanol–water partition coefficient (Wildman–Crippen LogP) is 7.17. The second-order valence-electron chi connectivity index (χ2n) is 7.18. The number of thioether (sulfide) groups is 1. The molecule has 0 saturated heterocycles. The van der Waals surface area contributed by atoms with Gasteiger partial charge in [-0.05, 0) is 60.4 Å². The average Bonchev–Trinajstić information content (AvgIpc) is 2.69. The van der Waals surface area contributed by atoms with Gasteiger partial charge in [-0.1, -0.05) is 70.7 Å². The SMILES string of the molecule is CCCCCCOc1ccc(SC(=O)c2ccc(CC(C)CC)cc2)cc1. The molecule has 2 aromatic carbocycles. The quantitative estimate of drug-likeness (QED) is 0.303. The van der Waals surface area contributed by atoms with Crippen molar-refractivity contribution in [1.29, 1.82) is 0 Å². The van der Waals surface area contributed by atoms with Crippen LogP contribution >= 0.6 is 11.8 Å². The van der Waals surface area contributed by atoms with Gasteiger partial charge in [0.2, 0.25) is 5.12 Å². The number of hydrogen-bond donors (Lipinski definition) is 0. The summed E-state index contributed by atoms with van der Waals surface area (Å²) in [7, 11) is 0. The summed E-state index contributed by atoms with van der Waals surface area (Å²) in [4.78, 5) is 13.4. The van der Waals surface area contributed by atoms with Crippen LogP contribution < -0.4 is 4.74 Å². The van der Waals surface area contributed by atoms with E-state index < -0.39 is 0 Å². The number of unbranched alkanes of at least 4 members (excludes halogenated alkanes) is 3. The first-order valence-electron chi connectivity index (χ1n) is 10.2. The van der Waals surface area contributed by atoms with Crippen LogP contribution in [0.2, 0.25) is 0 Å². The zero-order valence-electron chi connectivity index (χ0n) is 16.9. The van der Waals surface area contributed by atoms with Crippen molar-refractivity contribution in [2.24, 2.45) is 5.92 Å². The first-order chi connectivity index (χ1) is 13.1. The lowest BCUT2D eigenvalue weighted by Gasteiger charge is -2.09. The molecule has 27 heavy (non-hydrogen) atoms. The molecule has 0 aliphatic rings. The van der Waals surface area contributed by atoms with Gasteiger partial charge in [0.15, 0.2) is 0 Å². The largest absolute Gasteiger partial charge is 0.494 e. The van der Waals surface area contributed by atoms with Gasteiger partial charge in [0.1, 0.15) is 5.75 Å². The molecule has 1 unspecified atom stereocenters. The summed E-state index contributed by atoms with van der Waals surface area (Å²) >= 11 is 1.27. The molecule has 0 aliphatic carbocycles. The van der Waals surface area contributed by atoms with Gasteiger partial charge in [0.05, 0.1) is 6.61 Å². The van der Waals surface area contributed by atoms with Crippen LogP contribution in [0.15, 0.2) is 53.4 Å². The molecular weight excluding hydrogens is 352 g/mol. The van der Waals surface area contributed by atoms with Crippen molar-refractivity contribution >= 4 is 16.9 Å². The summed E-state index contributed by atoms with van der Waals surface area (Å²) in [5, 5.41) is 0.0818. The molecule has 0 spiro atoms. The molecule has 2 rings (SSSR count). The number of carbonyl (C=O) groups is 1. The molecule has 0 aliphatic heterocycles. The molecule has 3 heteroatoms. The minimum absolute atomic E-state index is 0.0818. The fourth-order valence-corrected chi connectivity index (χ4v) is 3.55. The van der Waals surface area contributed by atoms with Crippen molar-refractivity contribution in [3.63, 3.8) is 0 Å². The fourth-order valence-electron chi connectivity index (χ4n) is 2.81. The fraction of sp³-hybridized carbons (Fsp3) is 0.458. The van der Waals surface area contributed by atoms with Crippen LogP contribution in [0.25, 0.3) is 0 Å². The van der Waals surface area contributed by atoms with Crippen LogP contribution in [0.5, 0.6) is 5.75 Å². The molecule has 0 amide bonds. The third-order valence-corrected chi connectivity index (χ3v) is 5.70. The maximum absolute atomic E-state index is 12.5. The number of rotatable bonds is 11. The van der Waals surface area contributed by atoms with Crippen LogP contribution in [0.1, 0.15) is 68.8 Å². The van der Waals surface area contributed by atoms with E-state index in [0.29, 0.717) is 5.92 Å². The molecule has 2 aromatic rings. The van der Waals surface area contributed by atoms with Gasteiger partial charge >= 0.3 is 0 Å². The van der Waals surface area contributed by atoms with Gasteiger partial charge in [-0.25, -0.2) is 0 Å². The molecule has 0 radical (unpaired) electrons. The van der Waals surface area contributed by atoms with E-state index in [0.717, 1.165) is 35.7 Å². The Morgan fingerprint density at radius 3 is 2.30 bits per heavy atom. The van der Waals surface area contributed by atoms with Gasteiger partial charge in [-0.2, -0.15) is 0 Å². The summed E-state index contributed by atoms with van der Waals surface area (Å²) in [5.41, 5.74) is 2.05. The smallest absolute Gasteiger partial charge is 0.224 e. The lowest BCUT2D eigenvalue weighted by molar-refractivity contribution is 0.108. The Hall–Kier alpha value is -1.74. The highest BCUT2D eigenvalue weighted by Crippen LogP contribution is 2.25. The summed E-state index contributed by atoms with van der Waals surface area (Å²) in [5.74, 6) is 1.55. The molecule has 0 N–H and O–H groups in total. The number of benzene rings is 2. The lowest BCUT2D eigenvalue weighted by Crippen LogP contribution is -1.99. The molecule has 0 bridgehead atoms. The van der Waals surface area contributed by atoms with Crippen molar-refractivity contribution in [3.05, 3.63) is 59.7 Å². The second-order valence-corrected chi connectivity index (χ2v) is 8.23. The van der Waals surface area contributed by atoms with E-state index in [1.54, 1.807) is 0 Å².